The molecule has 0 radical (unpaired) electrons. The van der Waals surface area contributed by atoms with E-state index in [1.807, 2.05) is 30.0 Å². The number of hydrogen-bond donors (Lipinski definition) is 2. The van der Waals surface area contributed by atoms with Gasteiger partial charge in [0.25, 0.3) is 5.91 Å². The Balaban J connectivity index is 1.72. The van der Waals surface area contributed by atoms with Crippen LogP contribution in [0.2, 0.25) is 0 Å². The molecule has 3 nitrogen and oxygen atoms in total. The average molecular weight is 248 g/mol. The van der Waals surface area contributed by atoms with Crippen LogP contribution in [0.5, 0.6) is 0 Å². The number of carbonyl (C=O) groups excluding carboxylic acids is 1. The van der Waals surface area contributed by atoms with Crippen LogP contribution in [0.1, 0.15) is 22.3 Å². The van der Waals surface area contributed by atoms with Gasteiger partial charge in [-0.05, 0) is 42.4 Å². The summed E-state index contributed by atoms with van der Waals surface area (Å²) in [5.41, 5.74) is 3.24. The van der Waals surface area contributed by atoms with Crippen molar-refractivity contribution < 1.29 is 4.79 Å². The number of thioether (sulfide) groups is 1. The van der Waals surface area contributed by atoms with Gasteiger partial charge in [-0.3, -0.25) is 4.79 Å². The van der Waals surface area contributed by atoms with Crippen molar-refractivity contribution in [1.29, 1.82) is 0 Å². The number of fused-ring (bicyclic) bond motifs is 1. The second kappa shape index (κ2) is 4.61. The second-order valence-corrected chi connectivity index (χ2v) is 5.73. The topological polar surface area (TPSA) is 41.1 Å². The number of carbonyl (C=O) groups is 1. The van der Waals surface area contributed by atoms with E-state index in [0.717, 1.165) is 30.7 Å². The van der Waals surface area contributed by atoms with Crippen LogP contribution in [0.25, 0.3) is 0 Å². The molecule has 1 amide bonds. The van der Waals surface area contributed by atoms with E-state index in [1.165, 1.54) is 17.0 Å². The van der Waals surface area contributed by atoms with Crippen molar-refractivity contribution in [1.82, 2.24) is 5.32 Å². The van der Waals surface area contributed by atoms with Crippen molar-refractivity contribution in [3.8, 4) is 0 Å². The highest BCUT2D eigenvalue weighted by atomic mass is 32.2. The van der Waals surface area contributed by atoms with Gasteiger partial charge in [-0.25, -0.2) is 0 Å². The third kappa shape index (κ3) is 2.27. The van der Waals surface area contributed by atoms with Crippen molar-refractivity contribution in [2.75, 3.05) is 23.4 Å². The molecule has 1 saturated heterocycles. The van der Waals surface area contributed by atoms with E-state index < -0.39 is 0 Å². The van der Waals surface area contributed by atoms with Crippen LogP contribution >= 0.6 is 11.8 Å². The maximum absolute atomic E-state index is 12.1. The number of rotatable bonds is 2. The molecule has 1 aromatic rings. The van der Waals surface area contributed by atoms with Gasteiger partial charge in [0.2, 0.25) is 0 Å². The Kier molecular flexibility index (Phi) is 2.97. The predicted octanol–water partition coefficient (Wildman–Crippen LogP) is 1.89. The fourth-order valence-corrected chi connectivity index (χ4v) is 3.52. The normalized spacial score (nSPS) is 22.0. The summed E-state index contributed by atoms with van der Waals surface area (Å²) < 4.78 is 0. The summed E-state index contributed by atoms with van der Waals surface area (Å²) in [6.45, 7) is 0.986. The Hall–Kier alpha value is -1.16. The summed E-state index contributed by atoms with van der Waals surface area (Å²) in [7, 11) is 0. The van der Waals surface area contributed by atoms with E-state index in [-0.39, 0.29) is 5.91 Å². The fraction of sp³-hybridized carbons (Fsp3) is 0.462. The Morgan fingerprint density at radius 2 is 2.41 bits per heavy atom. The number of amides is 1. The summed E-state index contributed by atoms with van der Waals surface area (Å²) in [5, 5.41) is 6.41. The summed E-state index contributed by atoms with van der Waals surface area (Å²) in [5.74, 6) is 2.30. The van der Waals surface area contributed by atoms with Crippen LogP contribution in [0.3, 0.4) is 0 Å². The molecule has 1 fully saturated rings. The maximum Gasteiger partial charge on any atom is 0.251 e. The fourth-order valence-electron chi connectivity index (χ4n) is 2.36. The highest BCUT2D eigenvalue weighted by molar-refractivity contribution is 7.99. The zero-order chi connectivity index (χ0) is 11.7. The monoisotopic (exact) mass is 248 g/mol. The molecule has 0 spiro atoms. The molecule has 0 saturated carbocycles. The average Bonchev–Trinajstić information content (AvgIpc) is 2.97. The Bertz CT molecular complexity index is 441. The zero-order valence-corrected chi connectivity index (χ0v) is 10.5. The van der Waals surface area contributed by atoms with Gasteiger partial charge in [0.05, 0.1) is 0 Å². The van der Waals surface area contributed by atoms with Gasteiger partial charge in [0.1, 0.15) is 0 Å². The van der Waals surface area contributed by atoms with Crippen LogP contribution in [0.4, 0.5) is 5.69 Å². The molecule has 1 aromatic carbocycles. The summed E-state index contributed by atoms with van der Waals surface area (Å²) in [6, 6.07) is 6.31. The lowest BCUT2D eigenvalue weighted by Gasteiger charge is -2.11. The van der Waals surface area contributed by atoms with Crippen molar-refractivity contribution in [2.45, 2.75) is 18.9 Å². The summed E-state index contributed by atoms with van der Waals surface area (Å²) >= 11 is 1.91. The first-order valence-electron chi connectivity index (χ1n) is 6.08. The van der Waals surface area contributed by atoms with Crippen LogP contribution < -0.4 is 10.6 Å². The smallest absolute Gasteiger partial charge is 0.251 e. The van der Waals surface area contributed by atoms with E-state index in [1.54, 1.807) is 0 Å². The highest BCUT2D eigenvalue weighted by Crippen LogP contribution is 2.23. The quantitative estimate of drug-likeness (QED) is 0.840. The third-order valence-electron chi connectivity index (χ3n) is 3.34. The van der Waals surface area contributed by atoms with Gasteiger partial charge in [-0.1, -0.05) is 0 Å². The van der Waals surface area contributed by atoms with Crippen LogP contribution in [-0.2, 0) is 6.42 Å². The Morgan fingerprint density at radius 3 is 3.24 bits per heavy atom. The first-order chi connectivity index (χ1) is 8.33. The van der Waals surface area contributed by atoms with Crippen molar-refractivity contribution in [2.24, 2.45) is 0 Å². The second-order valence-electron chi connectivity index (χ2n) is 4.58. The molecule has 90 valence electrons. The molecule has 1 unspecified atom stereocenters. The minimum Gasteiger partial charge on any atom is -0.384 e. The minimum absolute atomic E-state index is 0.0761. The van der Waals surface area contributed by atoms with Crippen LogP contribution in [0, 0.1) is 0 Å². The van der Waals surface area contributed by atoms with Crippen LogP contribution in [-0.4, -0.2) is 30.0 Å². The van der Waals surface area contributed by atoms with E-state index in [4.69, 9.17) is 0 Å². The van der Waals surface area contributed by atoms with Gasteiger partial charge < -0.3 is 10.6 Å². The Labute approximate surface area is 105 Å². The lowest BCUT2D eigenvalue weighted by atomic mass is 10.1. The first-order valence-corrected chi connectivity index (χ1v) is 7.24. The van der Waals surface area contributed by atoms with Crippen molar-refractivity contribution >= 4 is 23.4 Å². The molecular formula is C13H16N2OS. The molecule has 0 aliphatic carbocycles. The third-order valence-corrected chi connectivity index (χ3v) is 4.50. The molecule has 2 heterocycles. The standard InChI is InChI=1S/C13H16N2OS/c16-13(15-11-4-6-17-8-11)10-1-2-12-9(7-10)3-5-14-12/h1-2,7,11,14H,3-6,8H2,(H,15,16). The van der Waals surface area contributed by atoms with Gasteiger partial charge in [0, 0.05) is 29.6 Å². The van der Waals surface area contributed by atoms with Crippen molar-refractivity contribution in [3.05, 3.63) is 29.3 Å². The van der Waals surface area contributed by atoms with Gasteiger partial charge in [-0.15, -0.1) is 0 Å². The van der Waals surface area contributed by atoms with Crippen LogP contribution in [0.15, 0.2) is 18.2 Å². The molecule has 0 bridgehead atoms. The van der Waals surface area contributed by atoms with Gasteiger partial charge >= 0.3 is 0 Å². The van der Waals surface area contributed by atoms with Gasteiger partial charge in [-0.2, -0.15) is 11.8 Å². The molecule has 0 aromatic heterocycles. The number of anilines is 1. The maximum atomic E-state index is 12.1. The van der Waals surface area contributed by atoms with E-state index in [2.05, 4.69) is 10.6 Å². The van der Waals surface area contributed by atoms with Gasteiger partial charge in [0.15, 0.2) is 0 Å². The van der Waals surface area contributed by atoms with Crippen molar-refractivity contribution in [3.63, 3.8) is 0 Å². The van der Waals surface area contributed by atoms with E-state index in [0.29, 0.717) is 6.04 Å². The number of hydrogen-bond acceptors (Lipinski definition) is 3. The molecule has 3 rings (SSSR count). The molecule has 4 heteroatoms. The highest BCUT2D eigenvalue weighted by Gasteiger charge is 2.19. The molecule has 17 heavy (non-hydrogen) atoms. The summed E-state index contributed by atoms with van der Waals surface area (Å²) in [6.07, 6.45) is 2.12. The predicted molar refractivity (Wildman–Crippen MR) is 71.8 cm³/mol. The molecule has 1 atom stereocenters. The lowest BCUT2D eigenvalue weighted by Crippen LogP contribution is -2.34. The first kappa shape index (κ1) is 11.0. The van der Waals surface area contributed by atoms with E-state index >= 15 is 0 Å². The molecule has 2 N–H and O–H groups in total. The SMILES string of the molecule is O=C(NC1CCSC1)c1ccc2c(c1)CCN2. The minimum atomic E-state index is 0.0761. The number of nitrogens with one attached hydrogen (secondary N) is 2. The molecule has 2 aliphatic heterocycles. The van der Waals surface area contributed by atoms with E-state index in [9.17, 15) is 4.79 Å². The molecule has 2 aliphatic rings. The lowest BCUT2D eigenvalue weighted by molar-refractivity contribution is 0.0941. The zero-order valence-electron chi connectivity index (χ0n) is 9.66. The molecular weight excluding hydrogens is 232 g/mol. The Morgan fingerprint density at radius 1 is 1.47 bits per heavy atom. The summed E-state index contributed by atoms with van der Waals surface area (Å²) in [4.78, 5) is 12.1. The largest absolute Gasteiger partial charge is 0.384 e. The number of benzene rings is 1.